The fourth-order valence-electron chi connectivity index (χ4n) is 3.22. The molecule has 0 bridgehead atoms. The van der Waals surface area contributed by atoms with Gasteiger partial charge in [-0.15, -0.1) is 11.3 Å². The predicted octanol–water partition coefficient (Wildman–Crippen LogP) is 3.11. The van der Waals surface area contributed by atoms with Gasteiger partial charge in [-0.3, -0.25) is 4.90 Å². The SMILES string of the molecule is OCC1c2ccccc2CCN1Cc1cnc(C2CC2)s1. The second kappa shape index (κ2) is 5.52. The first-order valence-electron chi connectivity index (χ1n) is 7.72. The lowest BCUT2D eigenvalue weighted by molar-refractivity contribution is 0.109. The maximum Gasteiger partial charge on any atom is 0.0959 e. The normalized spacial score (nSPS) is 22.2. The van der Waals surface area contributed by atoms with Crippen molar-refractivity contribution in [2.24, 2.45) is 0 Å². The van der Waals surface area contributed by atoms with Crippen molar-refractivity contribution in [2.45, 2.75) is 37.8 Å². The van der Waals surface area contributed by atoms with Crippen LogP contribution in [-0.2, 0) is 13.0 Å². The van der Waals surface area contributed by atoms with E-state index in [1.807, 2.05) is 17.5 Å². The van der Waals surface area contributed by atoms with Crippen LogP contribution >= 0.6 is 11.3 Å². The van der Waals surface area contributed by atoms with Crippen LogP contribution in [0.5, 0.6) is 0 Å². The van der Waals surface area contributed by atoms with Gasteiger partial charge in [0.25, 0.3) is 0 Å². The third-order valence-electron chi connectivity index (χ3n) is 4.55. The highest BCUT2D eigenvalue weighted by Crippen LogP contribution is 2.42. The van der Waals surface area contributed by atoms with Gasteiger partial charge in [0.15, 0.2) is 0 Å². The fraction of sp³-hybridized carbons (Fsp3) is 0.471. The molecule has 1 aliphatic heterocycles. The molecule has 0 saturated heterocycles. The molecule has 3 nitrogen and oxygen atoms in total. The number of hydrogen-bond acceptors (Lipinski definition) is 4. The van der Waals surface area contributed by atoms with Crippen molar-refractivity contribution in [3.05, 3.63) is 51.5 Å². The van der Waals surface area contributed by atoms with E-state index in [4.69, 9.17) is 0 Å². The second-order valence-electron chi connectivity index (χ2n) is 6.06. The maximum atomic E-state index is 9.84. The molecule has 1 atom stereocenters. The van der Waals surface area contributed by atoms with E-state index in [2.05, 4.69) is 34.1 Å². The zero-order valence-corrected chi connectivity index (χ0v) is 12.9. The van der Waals surface area contributed by atoms with E-state index in [1.54, 1.807) is 0 Å². The Kier molecular flexibility index (Phi) is 3.53. The molecule has 0 radical (unpaired) electrons. The van der Waals surface area contributed by atoms with Gasteiger partial charge in [-0.25, -0.2) is 4.98 Å². The molecule has 1 saturated carbocycles. The minimum atomic E-state index is 0.126. The largest absolute Gasteiger partial charge is 0.394 e. The molecule has 1 aromatic carbocycles. The lowest BCUT2D eigenvalue weighted by Crippen LogP contribution is -2.36. The zero-order valence-electron chi connectivity index (χ0n) is 12.0. The summed E-state index contributed by atoms with van der Waals surface area (Å²) in [5, 5.41) is 11.1. The number of aromatic nitrogens is 1. The Morgan fingerprint density at radius 1 is 1.29 bits per heavy atom. The summed E-state index contributed by atoms with van der Waals surface area (Å²) in [6.07, 6.45) is 5.72. The quantitative estimate of drug-likeness (QED) is 0.942. The number of fused-ring (bicyclic) bond motifs is 1. The minimum absolute atomic E-state index is 0.126. The maximum absolute atomic E-state index is 9.84. The highest BCUT2D eigenvalue weighted by atomic mass is 32.1. The molecule has 1 unspecified atom stereocenters. The van der Waals surface area contributed by atoms with E-state index in [0.29, 0.717) is 0 Å². The van der Waals surface area contributed by atoms with Gasteiger partial charge in [0, 0.05) is 30.1 Å². The van der Waals surface area contributed by atoms with E-state index < -0.39 is 0 Å². The van der Waals surface area contributed by atoms with Gasteiger partial charge in [-0.2, -0.15) is 0 Å². The smallest absolute Gasteiger partial charge is 0.0959 e. The predicted molar refractivity (Wildman–Crippen MR) is 84.5 cm³/mol. The van der Waals surface area contributed by atoms with Crippen LogP contribution in [0.4, 0.5) is 0 Å². The Morgan fingerprint density at radius 2 is 2.14 bits per heavy atom. The summed E-state index contributed by atoms with van der Waals surface area (Å²) in [5.74, 6) is 0.736. The van der Waals surface area contributed by atoms with Crippen molar-refractivity contribution < 1.29 is 5.11 Å². The summed E-state index contributed by atoms with van der Waals surface area (Å²) in [6.45, 7) is 2.11. The summed E-state index contributed by atoms with van der Waals surface area (Å²) in [5.41, 5.74) is 2.67. The summed E-state index contributed by atoms with van der Waals surface area (Å²) in [4.78, 5) is 8.29. The Bertz CT molecular complexity index is 635. The van der Waals surface area contributed by atoms with Crippen molar-refractivity contribution in [3.8, 4) is 0 Å². The standard InChI is InChI=1S/C17H20N2OS/c20-11-16-15-4-2-1-3-12(15)7-8-19(16)10-14-9-18-17(21-14)13-5-6-13/h1-4,9,13,16,20H,5-8,10-11H2. The number of rotatable bonds is 4. The van der Waals surface area contributed by atoms with Crippen molar-refractivity contribution in [3.63, 3.8) is 0 Å². The van der Waals surface area contributed by atoms with Gasteiger partial charge in [-0.05, 0) is 30.4 Å². The summed E-state index contributed by atoms with van der Waals surface area (Å²) in [6, 6.07) is 8.64. The molecule has 2 aliphatic rings. The van der Waals surface area contributed by atoms with Crippen LogP contribution in [0.15, 0.2) is 30.5 Å². The van der Waals surface area contributed by atoms with Crippen LogP contribution < -0.4 is 0 Å². The molecular formula is C17H20N2OS. The lowest BCUT2D eigenvalue weighted by atomic mass is 9.93. The molecule has 0 amide bonds. The number of hydrogen-bond donors (Lipinski definition) is 1. The van der Waals surface area contributed by atoms with Gasteiger partial charge in [0.2, 0.25) is 0 Å². The number of benzene rings is 1. The molecule has 1 N–H and O–H groups in total. The third kappa shape index (κ3) is 2.63. The third-order valence-corrected chi connectivity index (χ3v) is 5.70. The van der Waals surface area contributed by atoms with Gasteiger partial charge in [0.1, 0.15) is 0 Å². The average Bonchev–Trinajstić information content (AvgIpc) is 3.27. The fourth-order valence-corrected chi connectivity index (χ4v) is 4.33. The van der Waals surface area contributed by atoms with E-state index in [-0.39, 0.29) is 12.6 Å². The molecule has 0 spiro atoms. The van der Waals surface area contributed by atoms with E-state index in [0.717, 1.165) is 25.4 Å². The van der Waals surface area contributed by atoms with Crippen molar-refractivity contribution in [1.82, 2.24) is 9.88 Å². The first-order valence-corrected chi connectivity index (χ1v) is 8.54. The molecule has 1 aliphatic carbocycles. The summed E-state index contributed by atoms with van der Waals surface area (Å²) >= 11 is 1.86. The van der Waals surface area contributed by atoms with Crippen LogP contribution in [-0.4, -0.2) is 28.1 Å². The van der Waals surface area contributed by atoms with Gasteiger partial charge < -0.3 is 5.11 Å². The Labute approximate surface area is 129 Å². The molecule has 110 valence electrons. The first kappa shape index (κ1) is 13.4. The van der Waals surface area contributed by atoms with Gasteiger partial charge in [-0.1, -0.05) is 24.3 Å². The van der Waals surface area contributed by atoms with Crippen LogP contribution in [0.3, 0.4) is 0 Å². The van der Waals surface area contributed by atoms with Crippen LogP contribution in [0.25, 0.3) is 0 Å². The molecule has 1 fully saturated rings. The topological polar surface area (TPSA) is 36.4 Å². The van der Waals surface area contributed by atoms with E-state index in [1.165, 1.54) is 33.9 Å². The van der Waals surface area contributed by atoms with Crippen molar-refractivity contribution in [1.29, 1.82) is 0 Å². The Hall–Kier alpha value is -1.23. The number of nitrogens with zero attached hydrogens (tertiary/aromatic N) is 2. The van der Waals surface area contributed by atoms with Crippen molar-refractivity contribution >= 4 is 11.3 Å². The summed E-state index contributed by atoms with van der Waals surface area (Å²) < 4.78 is 0. The average molecular weight is 300 g/mol. The zero-order chi connectivity index (χ0) is 14.2. The van der Waals surface area contributed by atoms with Crippen molar-refractivity contribution in [2.75, 3.05) is 13.2 Å². The molecule has 4 heteroatoms. The van der Waals surface area contributed by atoms with Crippen LogP contribution in [0.1, 0.15) is 45.8 Å². The number of thiazole rings is 1. The highest BCUT2D eigenvalue weighted by Gasteiger charge is 2.29. The molecule has 1 aromatic heterocycles. The Morgan fingerprint density at radius 3 is 2.95 bits per heavy atom. The van der Waals surface area contributed by atoms with Crippen LogP contribution in [0, 0.1) is 0 Å². The molecule has 21 heavy (non-hydrogen) atoms. The number of aliphatic hydroxyl groups excluding tert-OH is 1. The minimum Gasteiger partial charge on any atom is -0.394 e. The van der Waals surface area contributed by atoms with E-state index >= 15 is 0 Å². The molecular weight excluding hydrogens is 280 g/mol. The van der Waals surface area contributed by atoms with Gasteiger partial charge in [0.05, 0.1) is 17.7 Å². The first-order chi connectivity index (χ1) is 10.3. The molecule has 4 rings (SSSR count). The second-order valence-corrected chi connectivity index (χ2v) is 7.20. The highest BCUT2D eigenvalue weighted by molar-refractivity contribution is 7.11. The van der Waals surface area contributed by atoms with Crippen LogP contribution in [0.2, 0.25) is 0 Å². The molecule has 2 aromatic rings. The Balaban J connectivity index is 1.54. The van der Waals surface area contributed by atoms with E-state index in [9.17, 15) is 5.11 Å². The molecule has 2 heterocycles. The number of aliphatic hydroxyl groups is 1. The lowest BCUT2D eigenvalue weighted by Gasteiger charge is -2.36. The van der Waals surface area contributed by atoms with Gasteiger partial charge >= 0.3 is 0 Å². The monoisotopic (exact) mass is 300 g/mol. The summed E-state index contributed by atoms with van der Waals surface area (Å²) in [7, 11) is 0.